The SMILES string of the molecule is Cc1cc2c(n1-c1ccc(Br)cc1Br)CC(C)(C)CC2N. The zero-order valence-electron chi connectivity index (χ0n) is 12.6. The quantitative estimate of drug-likeness (QED) is 0.679. The predicted octanol–water partition coefficient (Wildman–Crippen LogP) is 5.28. The first-order valence-corrected chi connectivity index (χ1v) is 8.79. The summed E-state index contributed by atoms with van der Waals surface area (Å²) in [6.07, 6.45) is 2.11. The summed E-state index contributed by atoms with van der Waals surface area (Å²) in [5, 5.41) is 0. The number of aryl methyl sites for hydroxylation is 1. The molecule has 1 aliphatic carbocycles. The second-order valence-corrected chi connectivity index (χ2v) is 8.54. The number of hydrogen-bond acceptors (Lipinski definition) is 1. The van der Waals surface area contributed by atoms with Crippen LogP contribution < -0.4 is 5.73 Å². The van der Waals surface area contributed by atoms with Crippen molar-refractivity contribution in [3.63, 3.8) is 0 Å². The fourth-order valence-corrected chi connectivity index (χ4v) is 4.67. The summed E-state index contributed by atoms with van der Waals surface area (Å²) < 4.78 is 4.52. The largest absolute Gasteiger partial charge is 0.324 e. The molecule has 1 aliphatic rings. The van der Waals surface area contributed by atoms with Gasteiger partial charge in [-0.05, 0) is 70.9 Å². The number of fused-ring (bicyclic) bond motifs is 1. The van der Waals surface area contributed by atoms with E-state index in [2.05, 4.69) is 81.5 Å². The Morgan fingerprint density at radius 2 is 1.95 bits per heavy atom. The third-order valence-electron chi connectivity index (χ3n) is 4.29. The van der Waals surface area contributed by atoms with Gasteiger partial charge >= 0.3 is 0 Å². The van der Waals surface area contributed by atoms with Gasteiger partial charge in [0.15, 0.2) is 0 Å². The van der Waals surface area contributed by atoms with Crippen LogP contribution in [0.1, 0.15) is 43.3 Å². The highest BCUT2D eigenvalue weighted by Gasteiger charge is 2.33. The average Bonchev–Trinajstić information content (AvgIpc) is 2.65. The highest BCUT2D eigenvalue weighted by molar-refractivity contribution is 9.11. The van der Waals surface area contributed by atoms with E-state index in [1.807, 2.05) is 0 Å². The molecule has 2 nitrogen and oxygen atoms in total. The van der Waals surface area contributed by atoms with Gasteiger partial charge < -0.3 is 10.3 Å². The van der Waals surface area contributed by atoms with Gasteiger partial charge in [0, 0.05) is 26.4 Å². The van der Waals surface area contributed by atoms with Gasteiger partial charge in [0.05, 0.1) is 5.69 Å². The van der Waals surface area contributed by atoms with E-state index in [1.165, 1.54) is 22.6 Å². The topological polar surface area (TPSA) is 30.9 Å². The minimum Gasteiger partial charge on any atom is -0.324 e. The van der Waals surface area contributed by atoms with E-state index in [-0.39, 0.29) is 11.5 Å². The number of nitrogens with two attached hydrogens (primary N) is 1. The molecule has 4 heteroatoms. The van der Waals surface area contributed by atoms with Gasteiger partial charge in [0.25, 0.3) is 0 Å². The molecule has 2 aromatic rings. The van der Waals surface area contributed by atoms with Crippen LogP contribution in [0, 0.1) is 12.3 Å². The van der Waals surface area contributed by atoms with Crippen molar-refractivity contribution in [3.8, 4) is 5.69 Å². The standard InChI is InChI=1S/C17H20Br2N2/c1-10-6-12-14(20)8-17(2,3)9-16(12)21(10)15-5-4-11(18)7-13(15)19/h4-7,14H,8-9,20H2,1-3H3. The van der Waals surface area contributed by atoms with Gasteiger partial charge in [-0.25, -0.2) is 0 Å². The Hall–Kier alpha value is -0.580. The molecule has 112 valence electrons. The van der Waals surface area contributed by atoms with Gasteiger partial charge in [-0.3, -0.25) is 0 Å². The Kier molecular flexibility index (Phi) is 3.83. The lowest BCUT2D eigenvalue weighted by molar-refractivity contribution is 0.278. The highest BCUT2D eigenvalue weighted by Crippen LogP contribution is 2.42. The van der Waals surface area contributed by atoms with Crippen LogP contribution in [0.15, 0.2) is 33.2 Å². The fourth-order valence-electron chi connectivity index (χ4n) is 3.45. The number of hydrogen-bond donors (Lipinski definition) is 1. The second kappa shape index (κ2) is 5.25. The molecule has 3 rings (SSSR count). The zero-order valence-corrected chi connectivity index (χ0v) is 15.8. The first kappa shape index (κ1) is 15.3. The van der Waals surface area contributed by atoms with Crippen LogP contribution in [0.5, 0.6) is 0 Å². The van der Waals surface area contributed by atoms with Crippen LogP contribution in [0.2, 0.25) is 0 Å². The molecule has 0 bridgehead atoms. The summed E-state index contributed by atoms with van der Waals surface area (Å²) in [4.78, 5) is 0. The average molecular weight is 412 g/mol. The van der Waals surface area contributed by atoms with Gasteiger partial charge in [0.1, 0.15) is 0 Å². The van der Waals surface area contributed by atoms with Gasteiger partial charge in [0.2, 0.25) is 0 Å². The van der Waals surface area contributed by atoms with Crippen LogP contribution in [-0.2, 0) is 6.42 Å². The molecule has 0 saturated heterocycles. The molecule has 0 aliphatic heterocycles. The van der Waals surface area contributed by atoms with E-state index in [0.717, 1.165) is 21.8 Å². The van der Waals surface area contributed by atoms with Crippen molar-refractivity contribution in [2.45, 2.75) is 39.7 Å². The fraction of sp³-hybridized carbons (Fsp3) is 0.412. The number of halogens is 2. The summed E-state index contributed by atoms with van der Waals surface area (Å²) in [6, 6.07) is 8.71. The van der Waals surface area contributed by atoms with Crippen molar-refractivity contribution < 1.29 is 0 Å². The number of benzene rings is 1. The van der Waals surface area contributed by atoms with Crippen molar-refractivity contribution in [1.82, 2.24) is 4.57 Å². The third kappa shape index (κ3) is 2.73. The lowest BCUT2D eigenvalue weighted by atomic mass is 9.74. The van der Waals surface area contributed by atoms with Crippen LogP contribution in [-0.4, -0.2) is 4.57 Å². The summed E-state index contributed by atoms with van der Waals surface area (Å²) in [6.45, 7) is 6.77. The van der Waals surface area contributed by atoms with Crippen molar-refractivity contribution in [2.24, 2.45) is 11.1 Å². The van der Waals surface area contributed by atoms with E-state index in [9.17, 15) is 0 Å². The Morgan fingerprint density at radius 1 is 1.24 bits per heavy atom. The van der Waals surface area contributed by atoms with Crippen molar-refractivity contribution >= 4 is 31.9 Å². The van der Waals surface area contributed by atoms with Gasteiger partial charge in [-0.1, -0.05) is 29.8 Å². The molecule has 2 N–H and O–H groups in total. The Bertz CT molecular complexity index is 701. The molecule has 0 spiro atoms. The lowest BCUT2D eigenvalue weighted by Crippen LogP contribution is -2.30. The third-order valence-corrected chi connectivity index (χ3v) is 5.42. The van der Waals surface area contributed by atoms with E-state index >= 15 is 0 Å². The van der Waals surface area contributed by atoms with Crippen LogP contribution in [0.3, 0.4) is 0 Å². The van der Waals surface area contributed by atoms with Gasteiger partial charge in [-0.15, -0.1) is 0 Å². The number of rotatable bonds is 1. The van der Waals surface area contributed by atoms with E-state index in [4.69, 9.17) is 5.73 Å². The molecular weight excluding hydrogens is 392 g/mol. The number of nitrogens with zero attached hydrogens (tertiary/aromatic N) is 1. The summed E-state index contributed by atoms with van der Waals surface area (Å²) >= 11 is 7.21. The molecule has 1 aromatic heterocycles. The molecule has 1 heterocycles. The molecule has 0 fully saturated rings. The van der Waals surface area contributed by atoms with E-state index in [1.54, 1.807) is 0 Å². The predicted molar refractivity (Wildman–Crippen MR) is 94.9 cm³/mol. The van der Waals surface area contributed by atoms with E-state index in [0.29, 0.717) is 0 Å². The molecule has 0 amide bonds. The van der Waals surface area contributed by atoms with Crippen molar-refractivity contribution in [2.75, 3.05) is 0 Å². The van der Waals surface area contributed by atoms with Crippen LogP contribution in [0.4, 0.5) is 0 Å². The summed E-state index contributed by atoms with van der Waals surface area (Å²) in [7, 11) is 0. The minimum atomic E-state index is 0.137. The van der Waals surface area contributed by atoms with Gasteiger partial charge in [-0.2, -0.15) is 0 Å². The Labute approximate surface area is 143 Å². The second-order valence-electron chi connectivity index (χ2n) is 6.77. The summed E-state index contributed by atoms with van der Waals surface area (Å²) in [5.41, 5.74) is 11.8. The normalized spacial score (nSPS) is 20.4. The molecule has 0 saturated carbocycles. The maximum absolute atomic E-state index is 6.41. The smallest absolute Gasteiger partial charge is 0.0598 e. The lowest BCUT2D eigenvalue weighted by Gasteiger charge is -2.34. The molecule has 1 unspecified atom stereocenters. The Morgan fingerprint density at radius 3 is 2.62 bits per heavy atom. The Balaban J connectivity index is 2.21. The van der Waals surface area contributed by atoms with Crippen molar-refractivity contribution in [3.05, 3.63) is 50.2 Å². The molecular formula is C17H20Br2N2. The number of aromatic nitrogens is 1. The van der Waals surface area contributed by atoms with Crippen LogP contribution in [0.25, 0.3) is 5.69 Å². The summed E-state index contributed by atoms with van der Waals surface area (Å²) in [5.74, 6) is 0. The highest BCUT2D eigenvalue weighted by atomic mass is 79.9. The molecule has 1 atom stereocenters. The monoisotopic (exact) mass is 410 g/mol. The first-order valence-electron chi connectivity index (χ1n) is 7.21. The first-order chi connectivity index (χ1) is 9.78. The minimum absolute atomic E-state index is 0.137. The van der Waals surface area contributed by atoms with E-state index < -0.39 is 0 Å². The van der Waals surface area contributed by atoms with Crippen LogP contribution >= 0.6 is 31.9 Å². The van der Waals surface area contributed by atoms with Crippen molar-refractivity contribution in [1.29, 1.82) is 0 Å². The molecule has 1 aromatic carbocycles. The molecule has 0 radical (unpaired) electrons. The maximum Gasteiger partial charge on any atom is 0.0598 e. The molecule has 21 heavy (non-hydrogen) atoms. The zero-order chi connectivity index (χ0) is 15.4. The maximum atomic E-state index is 6.41.